The molecule has 1 fully saturated rings. The molecule has 84 valence electrons. The van der Waals surface area contributed by atoms with Crippen LogP contribution in [0.15, 0.2) is 18.2 Å². The van der Waals surface area contributed by atoms with Gasteiger partial charge in [0, 0.05) is 12.1 Å². The number of hydrogen-bond acceptors (Lipinski definition) is 2. The second kappa shape index (κ2) is 3.59. The highest BCUT2D eigenvalue weighted by molar-refractivity contribution is 5.90. The molecule has 16 heavy (non-hydrogen) atoms. The van der Waals surface area contributed by atoms with Crippen molar-refractivity contribution in [1.29, 1.82) is 0 Å². The molecule has 0 aromatic heterocycles. The number of hydrogen-bond donors (Lipinski definition) is 2. The highest BCUT2D eigenvalue weighted by Gasteiger charge is 2.32. The van der Waals surface area contributed by atoms with Gasteiger partial charge in [-0.15, -0.1) is 0 Å². The SMILES string of the molecule is O=C(O)c1cccc2c1C(NC1CC1)CC2. The van der Waals surface area contributed by atoms with Crippen molar-refractivity contribution in [2.75, 3.05) is 0 Å². The zero-order valence-corrected chi connectivity index (χ0v) is 9.07. The Morgan fingerprint density at radius 1 is 1.31 bits per heavy atom. The Morgan fingerprint density at radius 3 is 2.81 bits per heavy atom. The van der Waals surface area contributed by atoms with Gasteiger partial charge in [0.1, 0.15) is 0 Å². The van der Waals surface area contributed by atoms with Crippen LogP contribution < -0.4 is 5.32 Å². The van der Waals surface area contributed by atoms with E-state index in [-0.39, 0.29) is 6.04 Å². The molecule has 0 aliphatic heterocycles. The first-order valence-corrected chi connectivity index (χ1v) is 5.87. The summed E-state index contributed by atoms with van der Waals surface area (Å²) in [6.45, 7) is 0. The highest BCUT2D eigenvalue weighted by atomic mass is 16.4. The van der Waals surface area contributed by atoms with Crippen LogP contribution in [0.5, 0.6) is 0 Å². The molecule has 2 aliphatic carbocycles. The molecule has 0 saturated heterocycles. The van der Waals surface area contributed by atoms with Gasteiger partial charge >= 0.3 is 5.97 Å². The molecule has 0 heterocycles. The van der Waals surface area contributed by atoms with Crippen LogP contribution in [0.3, 0.4) is 0 Å². The fourth-order valence-corrected chi connectivity index (χ4v) is 2.57. The molecule has 1 atom stereocenters. The van der Waals surface area contributed by atoms with E-state index in [0.29, 0.717) is 11.6 Å². The second-order valence-electron chi connectivity index (χ2n) is 4.72. The lowest BCUT2D eigenvalue weighted by molar-refractivity contribution is 0.0695. The lowest BCUT2D eigenvalue weighted by Crippen LogP contribution is -2.23. The number of aryl methyl sites for hydroxylation is 1. The fraction of sp³-hybridized carbons (Fsp3) is 0.462. The molecule has 0 amide bonds. The van der Waals surface area contributed by atoms with Crippen molar-refractivity contribution in [2.24, 2.45) is 0 Å². The zero-order valence-electron chi connectivity index (χ0n) is 9.07. The van der Waals surface area contributed by atoms with Crippen LogP contribution in [0.1, 0.15) is 46.8 Å². The summed E-state index contributed by atoms with van der Waals surface area (Å²) in [4.78, 5) is 11.2. The van der Waals surface area contributed by atoms with Crippen molar-refractivity contribution >= 4 is 5.97 Å². The van der Waals surface area contributed by atoms with Crippen molar-refractivity contribution in [3.05, 3.63) is 34.9 Å². The van der Waals surface area contributed by atoms with E-state index in [1.165, 1.54) is 18.4 Å². The molecule has 1 unspecified atom stereocenters. The fourth-order valence-electron chi connectivity index (χ4n) is 2.57. The molecule has 1 aromatic rings. The van der Waals surface area contributed by atoms with E-state index in [1.54, 1.807) is 6.07 Å². The van der Waals surface area contributed by atoms with Crippen LogP contribution in [0.2, 0.25) is 0 Å². The maximum absolute atomic E-state index is 11.2. The molecule has 3 nitrogen and oxygen atoms in total. The van der Waals surface area contributed by atoms with Gasteiger partial charge < -0.3 is 10.4 Å². The summed E-state index contributed by atoms with van der Waals surface area (Å²) in [7, 11) is 0. The maximum atomic E-state index is 11.2. The van der Waals surface area contributed by atoms with Crippen molar-refractivity contribution < 1.29 is 9.90 Å². The molecule has 1 aromatic carbocycles. The number of benzene rings is 1. The number of fused-ring (bicyclic) bond motifs is 1. The average molecular weight is 217 g/mol. The first kappa shape index (κ1) is 9.85. The second-order valence-corrected chi connectivity index (χ2v) is 4.72. The van der Waals surface area contributed by atoms with Gasteiger partial charge in [0.25, 0.3) is 0 Å². The first-order chi connectivity index (χ1) is 7.75. The van der Waals surface area contributed by atoms with Crippen molar-refractivity contribution in [1.82, 2.24) is 5.32 Å². The third-order valence-electron chi connectivity index (χ3n) is 3.49. The van der Waals surface area contributed by atoms with Gasteiger partial charge in [-0.25, -0.2) is 4.79 Å². The molecule has 0 radical (unpaired) electrons. The molecule has 2 aliphatic rings. The Kier molecular flexibility index (Phi) is 2.21. The summed E-state index contributed by atoms with van der Waals surface area (Å²) in [6, 6.07) is 6.50. The quantitative estimate of drug-likeness (QED) is 0.815. The average Bonchev–Trinajstić information content (AvgIpc) is 2.98. The monoisotopic (exact) mass is 217 g/mol. The van der Waals surface area contributed by atoms with Gasteiger partial charge in [-0.1, -0.05) is 12.1 Å². The van der Waals surface area contributed by atoms with E-state index in [9.17, 15) is 9.90 Å². The van der Waals surface area contributed by atoms with E-state index in [1.807, 2.05) is 6.07 Å². The van der Waals surface area contributed by atoms with Crippen molar-refractivity contribution in [2.45, 2.75) is 37.8 Å². The normalized spacial score (nSPS) is 23.1. The molecule has 0 spiro atoms. The maximum Gasteiger partial charge on any atom is 0.336 e. The Hall–Kier alpha value is -1.35. The Labute approximate surface area is 94.5 Å². The van der Waals surface area contributed by atoms with Gasteiger partial charge in [0.15, 0.2) is 0 Å². The van der Waals surface area contributed by atoms with Crippen LogP contribution in [0, 0.1) is 0 Å². The lowest BCUT2D eigenvalue weighted by atomic mass is 10.0. The topological polar surface area (TPSA) is 49.3 Å². The summed E-state index contributed by atoms with van der Waals surface area (Å²) in [5, 5.41) is 12.7. The van der Waals surface area contributed by atoms with Gasteiger partial charge in [0.2, 0.25) is 0 Å². The third-order valence-corrected chi connectivity index (χ3v) is 3.49. The van der Waals surface area contributed by atoms with E-state index >= 15 is 0 Å². The molecular formula is C13H15NO2. The van der Waals surface area contributed by atoms with E-state index in [0.717, 1.165) is 18.4 Å². The van der Waals surface area contributed by atoms with Gasteiger partial charge in [-0.3, -0.25) is 0 Å². The Bertz CT molecular complexity index is 438. The first-order valence-electron chi connectivity index (χ1n) is 5.87. The van der Waals surface area contributed by atoms with E-state index in [4.69, 9.17) is 0 Å². The van der Waals surface area contributed by atoms with Crippen LogP contribution in [-0.4, -0.2) is 17.1 Å². The van der Waals surface area contributed by atoms with Gasteiger partial charge in [-0.2, -0.15) is 0 Å². The summed E-state index contributed by atoms with van der Waals surface area (Å²) in [5.74, 6) is -0.804. The predicted octanol–water partition coefficient (Wildman–Crippen LogP) is 2.12. The minimum Gasteiger partial charge on any atom is -0.478 e. The minimum atomic E-state index is -0.804. The van der Waals surface area contributed by atoms with Crippen molar-refractivity contribution in [3.63, 3.8) is 0 Å². The molecule has 3 heteroatoms. The largest absolute Gasteiger partial charge is 0.478 e. The lowest BCUT2D eigenvalue weighted by Gasteiger charge is -2.15. The van der Waals surface area contributed by atoms with E-state index < -0.39 is 5.97 Å². The van der Waals surface area contributed by atoms with Crippen LogP contribution in [0.25, 0.3) is 0 Å². The number of aromatic carboxylic acids is 1. The standard InChI is InChI=1S/C13H15NO2/c15-13(16)10-3-1-2-8-4-7-11(12(8)10)14-9-5-6-9/h1-3,9,11,14H,4-7H2,(H,15,16). The smallest absolute Gasteiger partial charge is 0.336 e. The van der Waals surface area contributed by atoms with Gasteiger partial charge in [0.05, 0.1) is 5.56 Å². The van der Waals surface area contributed by atoms with Crippen LogP contribution in [-0.2, 0) is 6.42 Å². The molecular weight excluding hydrogens is 202 g/mol. The molecule has 1 saturated carbocycles. The van der Waals surface area contributed by atoms with Crippen molar-refractivity contribution in [3.8, 4) is 0 Å². The summed E-state index contributed by atoms with van der Waals surface area (Å²) in [6.07, 6.45) is 4.51. The third kappa shape index (κ3) is 1.61. The van der Waals surface area contributed by atoms with Crippen LogP contribution in [0.4, 0.5) is 0 Å². The predicted molar refractivity (Wildman–Crippen MR) is 60.6 cm³/mol. The zero-order chi connectivity index (χ0) is 11.1. The number of carboxylic acids is 1. The van der Waals surface area contributed by atoms with Crippen LogP contribution >= 0.6 is 0 Å². The molecule has 3 rings (SSSR count). The Morgan fingerprint density at radius 2 is 2.12 bits per heavy atom. The van der Waals surface area contributed by atoms with E-state index in [2.05, 4.69) is 11.4 Å². The number of nitrogens with one attached hydrogen (secondary N) is 1. The number of carbonyl (C=O) groups is 1. The summed E-state index contributed by atoms with van der Waals surface area (Å²) >= 11 is 0. The minimum absolute atomic E-state index is 0.259. The number of carboxylic acid groups (broad SMARTS) is 1. The molecule has 2 N–H and O–H groups in total. The molecule has 0 bridgehead atoms. The summed E-state index contributed by atoms with van der Waals surface area (Å²) < 4.78 is 0. The Balaban J connectivity index is 1.97. The van der Waals surface area contributed by atoms with Gasteiger partial charge in [-0.05, 0) is 42.9 Å². The number of rotatable bonds is 3. The highest BCUT2D eigenvalue weighted by Crippen LogP contribution is 2.36. The summed E-state index contributed by atoms with van der Waals surface area (Å²) in [5.41, 5.74) is 2.72.